The van der Waals surface area contributed by atoms with Crippen LogP contribution in [0.4, 0.5) is 5.69 Å². The molecule has 0 spiro atoms. The molecule has 1 aliphatic rings. The van der Waals surface area contributed by atoms with Crippen LogP contribution in [0.3, 0.4) is 0 Å². The molecule has 1 aliphatic heterocycles. The van der Waals surface area contributed by atoms with Crippen molar-refractivity contribution in [3.05, 3.63) is 47.3 Å². The lowest BCUT2D eigenvalue weighted by Gasteiger charge is -2.26. The molecule has 0 saturated carbocycles. The van der Waals surface area contributed by atoms with E-state index in [-0.39, 0.29) is 11.9 Å². The smallest absolute Gasteiger partial charge is 0.255 e. The summed E-state index contributed by atoms with van der Waals surface area (Å²) in [6, 6.07) is 8.33. The van der Waals surface area contributed by atoms with Gasteiger partial charge in [-0.3, -0.25) is 9.48 Å². The number of hydrogen-bond donors (Lipinski definition) is 2. The summed E-state index contributed by atoms with van der Waals surface area (Å²) >= 11 is 0. The van der Waals surface area contributed by atoms with Crippen LogP contribution in [-0.4, -0.2) is 28.3 Å². The third-order valence-electron chi connectivity index (χ3n) is 3.84. The molecule has 21 heavy (non-hydrogen) atoms. The van der Waals surface area contributed by atoms with Gasteiger partial charge in [-0.2, -0.15) is 5.10 Å². The Kier molecular flexibility index (Phi) is 3.64. The molecule has 0 aliphatic carbocycles. The largest absolute Gasteiger partial charge is 0.383 e. The van der Waals surface area contributed by atoms with Crippen molar-refractivity contribution >= 4 is 11.6 Å². The van der Waals surface area contributed by atoms with E-state index in [9.17, 15) is 4.79 Å². The molecule has 1 atom stereocenters. The molecule has 2 aromatic rings. The topological polar surface area (TPSA) is 59.0 Å². The monoisotopic (exact) mass is 284 g/mol. The highest BCUT2D eigenvalue weighted by atomic mass is 16.1. The average Bonchev–Trinajstić information content (AvgIpc) is 2.88. The van der Waals surface area contributed by atoms with Crippen LogP contribution in [0.15, 0.2) is 30.5 Å². The maximum atomic E-state index is 12.4. The van der Waals surface area contributed by atoms with Crippen molar-refractivity contribution in [3.63, 3.8) is 0 Å². The van der Waals surface area contributed by atoms with E-state index in [1.165, 1.54) is 11.3 Å². The summed E-state index contributed by atoms with van der Waals surface area (Å²) in [6.45, 7) is 2.77. The zero-order chi connectivity index (χ0) is 14.8. The van der Waals surface area contributed by atoms with Gasteiger partial charge in [0.25, 0.3) is 5.91 Å². The molecule has 1 unspecified atom stereocenters. The Labute approximate surface area is 124 Å². The third kappa shape index (κ3) is 2.77. The molecule has 0 saturated heterocycles. The van der Waals surface area contributed by atoms with Crippen LogP contribution in [0.2, 0.25) is 0 Å². The predicted octanol–water partition coefficient (Wildman–Crippen LogP) is 1.75. The van der Waals surface area contributed by atoms with E-state index in [1.807, 2.05) is 26.1 Å². The summed E-state index contributed by atoms with van der Waals surface area (Å²) in [7, 11) is 1.84. The first-order chi connectivity index (χ1) is 10.2. The van der Waals surface area contributed by atoms with Crippen molar-refractivity contribution in [3.8, 4) is 0 Å². The van der Waals surface area contributed by atoms with Gasteiger partial charge < -0.3 is 10.6 Å². The number of aromatic nitrogens is 2. The number of aryl methyl sites for hydroxylation is 2. The fourth-order valence-corrected chi connectivity index (χ4v) is 2.79. The lowest BCUT2D eigenvalue weighted by atomic mass is 9.99. The number of benzene rings is 1. The highest BCUT2D eigenvalue weighted by molar-refractivity contribution is 5.95. The minimum absolute atomic E-state index is 0.0360. The Morgan fingerprint density at radius 2 is 2.29 bits per heavy atom. The van der Waals surface area contributed by atoms with Gasteiger partial charge in [0.2, 0.25) is 0 Å². The fourth-order valence-electron chi connectivity index (χ4n) is 2.79. The molecule has 2 N–H and O–H groups in total. The first-order valence-corrected chi connectivity index (χ1v) is 7.32. The van der Waals surface area contributed by atoms with Crippen molar-refractivity contribution < 1.29 is 4.79 Å². The van der Waals surface area contributed by atoms with Crippen LogP contribution in [0.1, 0.15) is 28.5 Å². The normalized spacial score (nSPS) is 17.0. The average molecular weight is 284 g/mol. The molecule has 5 nitrogen and oxygen atoms in total. The number of nitrogens with zero attached hydrogens (tertiary/aromatic N) is 2. The van der Waals surface area contributed by atoms with E-state index >= 15 is 0 Å². The van der Waals surface area contributed by atoms with Crippen LogP contribution < -0.4 is 10.6 Å². The van der Waals surface area contributed by atoms with Gasteiger partial charge in [0.05, 0.1) is 17.3 Å². The number of amides is 1. The van der Waals surface area contributed by atoms with E-state index in [4.69, 9.17) is 0 Å². The molecule has 1 aromatic carbocycles. The third-order valence-corrected chi connectivity index (χ3v) is 3.84. The second-order valence-corrected chi connectivity index (χ2v) is 5.43. The maximum absolute atomic E-state index is 12.4. The molecule has 0 radical (unpaired) electrons. The summed E-state index contributed by atoms with van der Waals surface area (Å²) in [5.41, 5.74) is 3.94. The quantitative estimate of drug-likeness (QED) is 0.903. The molecule has 110 valence electrons. The van der Waals surface area contributed by atoms with Crippen LogP contribution in [0.25, 0.3) is 0 Å². The number of fused-ring (bicyclic) bond motifs is 1. The van der Waals surface area contributed by atoms with E-state index in [1.54, 1.807) is 10.9 Å². The van der Waals surface area contributed by atoms with Gasteiger partial charge >= 0.3 is 0 Å². The van der Waals surface area contributed by atoms with Gasteiger partial charge in [-0.1, -0.05) is 25.1 Å². The second kappa shape index (κ2) is 5.60. The first kappa shape index (κ1) is 13.7. The summed E-state index contributed by atoms with van der Waals surface area (Å²) in [5.74, 6) is -0.0360. The van der Waals surface area contributed by atoms with Gasteiger partial charge in [-0.05, 0) is 24.5 Å². The van der Waals surface area contributed by atoms with E-state index < -0.39 is 0 Å². The number of carbonyl (C=O) groups is 1. The zero-order valence-corrected chi connectivity index (χ0v) is 12.4. The summed E-state index contributed by atoms with van der Waals surface area (Å²) in [5, 5.41) is 10.8. The molecule has 2 heterocycles. The summed E-state index contributed by atoms with van der Waals surface area (Å²) in [4.78, 5) is 12.4. The Bertz CT molecular complexity index is 662. The minimum atomic E-state index is -0.0360. The van der Waals surface area contributed by atoms with Gasteiger partial charge in [-0.15, -0.1) is 0 Å². The first-order valence-electron chi connectivity index (χ1n) is 7.32. The minimum Gasteiger partial charge on any atom is -0.383 e. The molecule has 3 rings (SSSR count). The standard InChI is InChI=1S/C16H20N4O/c1-3-14-13(10-20(2)19-14)16(21)18-12-8-11-6-4-5-7-15(11)17-9-12/h4-7,10,12,17H,3,8-9H2,1-2H3,(H,18,21). The number of para-hydroxylation sites is 1. The molecular weight excluding hydrogens is 264 g/mol. The highest BCUT2D eigenvalue weighted by Gasteiger charge is 2.22. The van der Waals surface area contributed by atoms with Gasteiger partial charge in [0.1, 0.15) is 0 Å². The van der Waals surface area contributed by atoms with Crippen molar-refractivity contribution in [1.82, 2.24) is 15.1 Å². The van der Waals surface area contributed by atoms with Crippen molar-refractivity contribution in [1.29, 1.82) is 0 Å². The van der Waals surface area contributed by atoms with Gasteiger partial charge in [-0.25, -0.2) is 0 Å². The molecule has 5 heteroatoms. The molecule has 1 amide bonds. The SMILES string of the molecule is CCc1nn(C)cc1C(=O)NC1CNc2ccccc2C1. The predicted molar refractivity (Wildman–Crippen MR) is 82.5 cm³/mol. The molecule has 0 bridgehead atoms. The lowest BCUT2D eigenvalue weighted by Crippen LogP contribution is -2.43. The zero-order valence-electron chi connectivity index (χ0n) is 12.4. The number of rotatable bonds is 3. The number of carbonyl (C=O) groups excluding carboxylic acids is 1. The van der Waals surface area contributed by atoms with Crippen molar-refractivity contribution in [2.24, 2.45) is 7.05 Å². The highest BCUT2D eigenvalue weighted by Crippen LogP contribution is 2.21. The van der Waals surface area contributed by atoms with E-state index in [2.05, 4.69) is 27.9 Å². The summed E-state index contributed by atoms with van der Waals surface area (Å²) in [6.07, 6.45) is 3.41. The Morgan fingerprint density at radius 1 is 1.48 bits per heavy atom. The molecule has 1 aromatic heterocycles. The van der Waals surface area contributed by atoms with Gasteiger partial charge in [0, 0.05) is 25.5 Å². The Morgan fingerprint density at radius 3 is 3.10 bits per heavy atom. The second-order valence-electron chi connectivity index (χ2n) is 5.43. The fraction of sp³-hybridized carbons (Fsp3) is 0.375. The lowest BCUT2D eigenvalue weighted by molar-refractivity contribution is 0.0937. The molecule has 0 fully saturated rings. The van der Waals surface area contributed by atoms with Crippen LogP contribution >= 0.6 is 0 Å². The van der Waals surface area contributed by atoms with Gasteiger partial charge in [0.15, 0.2) is 0 Å². The number of hydrogen-bond acceptors (Lipinski definition) is 3. The van der Waals surface area contributed by atoms with E-state index in [0.717, 1.165) is 25.1 Å². The van der Waals surface area contributed by atoms with Crippen LogP contribution in [-0.2, 0) is 19.9 Å². The van der Waals surface area contributed by atoms with Crippen molar-refractivity contribution in [2.75, 3.05) is 11.9 Å². The van der Waals surface area contributed by atoms with Crippen LogP contribution in [0, 0.1) is 0 Å². The molecular formula is C16H20N4O. The maximum Gasteiger partial charge on any atom is 0.255 e. The summed E-state index contributed by atoms with van der Waals surface area (Å²) < 4.78 is 1.70. The van der Waals surface area contributed by atoms with Crippen LogP contribution in [0.5, 0.6) is 0 Å². The Balaban J connectivity index is 1.71. The number of anilines is 1. The Hall–Kier alpha value is -2.30. The van der Waals surface area contributed by atoms with E-state index in [0.29, 0.717) is 5.56 Å². The van der Waals surface area contributed by atoms with Crippen molar-refractivity contribution in [2.45, 2.75) is 25.8 Å². The number of nitrogens with one attached hydrogen (secondary N) is 2.